The average Bonchev–Trinajstić information content (AvgIpc) is 2.24. The second-order valence-corrected chi connectivity index (χ2v) is 3.65. The predicted molar refractivity (Wildman–Crippen MR) is 63.1 cm³/mol. The summed E-state index contributed by atoms with van der Waals surface area (Å²) in [5, 5.41) is 17.9. The normalized spacial score (nSPS) is 9.07. The molecule has 0 amide bonds. The Morgan fingerprint density at radius 1 is 1.40 bits per heavy atom. The lowest BCUT2D eigenvalue weighted by atomic mass is 10.2. The molecule has 0 heterocycles. The van der Waals surface area contributed by atoms with E-state index in [1.54, 1.807) is 0 Å². The van der Waals surface area contributed by atoms with Gasteiger partial charge in [0.2, 0.25) is 0 Å². The number of phenolic OH excluding ortho intramolecular Hbond substituents is 1. The van der Waals surface area contributed by atoms with Crippen LogP contribution in [0.5, 0.6) is 5.75 Å². The summed E-state index contributed by atoms with van der Waals surface area (Å²) in [6, 6.07) is 2.41. The third-order valence-corrected chi connectivity index (χ3v) is 2.62. The second-order valence-electron chi connectivity index (χ2n) is 2.19. The van der Waals surface area contributed by atoms with Gasteiger partial charge in [-0.15, -0.1) is 0 Å². The van der Waals surface area contributed by atoms with Gasteiger partial charge in [0.25, 0.3) is 0 Å². The van der Waals surface area contributed by atoms with E-state index in [-0.39, 0.29) is 21.2 Å². The molecule has 84 valence electrons. The molecule has 1 aromatic rings. The summed E-state index contributed by atoms with van der Waals surface area (Å²) >= 11 is 5.56. The van der Waals surface area contributed by atoms with Crippen molar-refractivity contribution in [2.75, 3.05) is 0 Å². The molecule has 1 aromatic carbocycles. The number of hydrogen-bond donors (Lipinski definition) is 2. The molecule has 0 saturated carbocycles. The van der Waals surface area contributed by atoms with Gasteiger partial charge >= 0.3 is 5.97 Å². The highest BCUT2D eigenvalue weighted by molar-refractivity contribution is 8.21. The zero-order chi connectivity index (χ0) is 12.0. The van der Waals surface area contributed by atoms with E-state index >= 15 is 0 Å². The van der Waals surface area contributed by atoms with Crippen LogP contribution < -0.4 is 0 Å². The van der Waals surface area contributed by atoms with Crippen LogP contribution >= 0.6 is 33.3 Å². The van der Waals surface area contributed by atoms with E-state index in [4.69, 9.17) is 27.4 Å². The molecule has 0 spiro atoms. The topological polar surface area (TPSA) is 57.5 Å². The Bertz CT molecular complexity index is 355. The Hall–Kier alpha value is -0.580. The van der Waals surface area contributed by atoms with Gasteiger partial charge in [-0.1, -0.05) is 25.4 Å². The minimum Gasteiger partial charge on any atom is -0.505 e. The number of aromatic carboxylic acids is 1. The first kappa shape index (κ1) is 14.4. The number of benzene rings is 1. The molecule has 0 unspecified atom stereocenters. The molecule has 3 nitrogen and oxygen atoms in total. The van der Waals surface area contributed by atoms with Crippen molar-refractivity contribution in [3.05, 3.63) is 22.7 Å². The molecule has 0 aromatic heterocycles. The van der Waals surface area contributed by atoms with E-state index in [1.165, 1.54) is 6.07 Å². The van der Waals surface area contributed by atoms with E-state index in [0.29, 0.717) is 11.0 Å². The standard InChI is InChI=1S/C7H4Cl2O3S.C2H6/c8-4-1-3(7(11)12)2-5(13-9)6(4)10;1-2/h1-2,10H,(H,11,12);1-2H3. The highest BCUT2D eigenvalue weighted by Crippen LogP contribution is 2.37. The Morgan fingerprint density at radius 3 is 2.33 bits per heavy atom. The number of phenols is 1. The molecule has 0 fully saturated rings. The largest absolute Gasteiger partial charge is 0.505 e. The molecule has 0 aliphatic carbocycles. The average molecular weight is 269 g/mol. The Kier molecular flexibility index (Phi) is 6.56. The summed E-state index contributed by atoms with van der Waals surface area (Å²) in [7, 11) is 6.10. The van der Waals surface area contributed by atoms with Gasteiger partial charge < -0.3 is 10.2 Å². The number of carboxylic acids is 1. The number of halogens is 2. The van der Waals surface area contributed by atoms with Crippen molar-refractivity contribution in [2.45, 2.75) is 18.7 Å². The van der Waals surface area contributed by atoms with Crippen molar-refractivity contribution in [3.8, 4) is 5.75 Å². The quantitative estimate of drug-likeness (QED) is 0.851. The van der Waals surface area contributed by atoms with Gasteiger partial charge in [0.15, 0.2) is 0 Å². The number of rotatable bonds is 2. The van der Waals surface area contributed by atoms with Crippen LogP contribution in [-0.4, -0.2) is 16.2 Å². The Morgan fingerprint density at radius 2 is 1.93 bits per heavy atom. The molecule has 6 heteroatoms. The molecular weight excluding hydrogens is 259 g/mol. The highest BCUT2D eigenvalue weighted by Gasteiger charge is 2.12. The van der Waals surface area contributed by atoms with Crippen LogP contribution in [0.3, 0.4) is 0 Å². The van der Waals surface area contributed by atoms with Crippen molar-refractivity contribution < 1.29 is 15.0 Å². The van der Waals surface area contributed by atoms with Gasteiger partial charge in [-0.05, 0) is 33.8 Å². The summed E-state index contributed by atoms with van der Waals surface area (Å²) in [6.07, 6.45) is 0. The molecule has 1 rings (SSSR count). The fourth-order valence-corrected chi connectivity index (χ4v) is 1.74. The summed E-state index contributed by atoms with van der Waals surface area (Å²) in [6.45, 7) is 4.00. The van der Waals surface area contributed by atoms with Gasteiger partial charge in [-0.2, -0.15) is 0 Å². The molecule has 0 radical (unpaired) electrons. The monoisotopic (exact) mass is 268 g/mol. The fraction of sp³-hybridized carbons (Fsp3) is 0.222. The lowest BCUT2D eigenvalue weighted by molar-refractivity contribution is 0.0696. The maximum absolute atomic E-state index is 10.5. The number of carboxylic acid groups (broad SMARTS) is 1. The van der Waals surface area contributed by atoms with E-state index in [0.717, 1.165) is 6.07 Å². The first-order valence-corrected chi connectivity index (χ1v) is 6.12. The summed E-state index contributed by atoms with van der Waals surface area (Å²) in [4.78, 5) is 10.8. The molecule has 0 aliphatic rings. The number of carbonyl (C=O) groups is 1. The third kappa shape index (κ3) is 3.81. The zero-order valence-electron chi connectivity index (χ0n) is 8.12. The Balaban J connectivity index is 0.000000921. The number of hydrogen-bond acceptors (Lipinski definition) is 3. The van der Waals surface area contributed by atoms with Crippen LogP contribution in [0, 0.1) is 0 Å². The summed E-state index contributed by atoms with van der Waals surface area (Å²) < 4.78 is 0. The molecule has 2 N–H and O–H groups in total. The number of aromatic hydroxyl groups is 1. The van der Waals surface area contributed by atoms with Gasteiger partial charge in [0, 0.05) is 0 Å². The SMILES string of the molecule is CC.O=C(O)c1cc(Cl)c(O)c(SCl)c1. The zero-order valence-corrected chi connectivity index (χ0v) is 10.4. The van der Waals surface area contributed by atoms with Gasteiger partial charge in [-0.25, -0.2) is 4.79 Å². The van der Waals surface area contributed by atoms with E-state index in [1.807, 2.05) is 13.8 Å². The van der Waals surface area contributed by atoms with Crippen molar-refractivity contribution in [1.82, 2.24) is 0 Å². The lowest BCUT2D eigenvalue weighted by Crippen LogP contribution is -1.96. The van der Waals surface area contributed by atoms with Gasteiger partial charge in [-0.3, -0.25) is 0 Å². The molecular formula is C9H10Cl2O3S. The maximum Gasteiger partial charge on any atom is 0.335 e. The molecule has 0 aliphatic heterocycles. The van der Waals surface area contributed by atoms with Gasteiger partial charge in [0.05, 0.1) is 15.5 Å². The summed E-state index contributed by atoms with van der Waals surface area (Å²) in [5.74, 6) is -1.32. The van der Waals surface area contributed by atoms with Crippen LogP contribution in [0.1, 0.15) is 24.2 Å². The second kappa shape index (κ2) is 6.82. The van der Waals surface area contributed by atoms with Crippen molar-refractivity contribution in [3.63, 3.8) is 0 Å². The van der Waals surface area contributed by atoms with E-state index in [2.05, 4.69) is 0 Å². The minimum absolute atomic E-state index is 0.00838. The van der Waals surface area contributed by atoms with Gasteiger partial charge in [0.1, 0.15) is 5.75 Å². The molecule has 15 heavy (non-hydrogen) atoms. The van der Waals surface area contributed by atoms with Crippen molar-refractivity contribution >= 4 is 39.2 Å². The van der Waals surface area contributed by atoms with Crippen LogP contribution in [0.15, 0.2) is 17.0 Å². The molecule has 0 saturated heterocycles. The third-order valence-electron chi connectivity index (χ3n) is 1.36. The minimum atomic E-state index is -1.12. The Labute approximate surface area is 102 Å². The molecule has 0 atom stereocenters. The van der Waals surface area contributed by atoms with Crippen LogP contribution in [0.25, 0.3) is 0 Å². The maximum atomic E-state index is 10.5. The smallest absolute Gasteiger partial charge is 0.335 e. The lowest BCUT2D eigenvalue weighted by Gasteiger charge is -2.03. The predicted octanol–water partition coefficient (Wildman–Crippen LogP) is 4.02. The highest BCUT2D eigenvalue weighted by atomic mass is 35.7. The van der Waals surface area contributed by atoms with Crippen LogP contribution in [0.4, 0.5) is 0 Å². The van der Waals surface area contributed by atoms with Crippen molar-refractivity contribution in [2.24, 2.45) is 0 Å². The first-order valence-electron chi connectivity index (χ1n) is 4.10. The van der Waals surface area contributed by atoms with Crippen molar-refractivity contribution in [1.29, 1.82) is 0 Å². The van der Waals surface area contributed by atoms with Crippen LogP contribution in [-0.2, 0) is 0 Å². The van der Waals surface area contributed by atoms with E-state index < -0.39 is 5.97 Å². The molecule has 0 bridgehead atoms. The summed E-state index contributed by atoms with van der Waals surface area (Å²) in [5.41, 5.74) is -0.00838. The van der Waals surface area contributed by atoms with Crippen LogP contribution in [0.2, 0.25) is 5.02 Å². The van der Waals surface area contributed by atoms with E-state index in [9.17, 15) is 9.90 Å². The first-order chi connectivity index (χ1) is 7.06. The fourth-order valence-electron chi connectivity index (χ4n) is 0.756.